The van der Waals surface area contributed by atoms with Crippen molar-refractivity contribution in [1.82, 2.24) is 10.8 Å². The maximum absolute atomic E-state index is 12.2. The van der Waals surface area contributed by atoms with E-state index in [4.69, 9.17) is 4.84 Å². The van der Waals surface area contributed by atoms with Gasteiger partial charge in [-0.15, -0.1) is 5.48 Å². The molecule has 0 aliphatic heterocycles. The van der Waals surface area contributed by atoms with Crippen molar-refractivity contribution >= 4 is 17.8 Å². The van der Waals surface area contributed by atoms with Crippen molar-refractivity contribution in [1.29, 1.82) is 0 Å². The summed E-state index contributed by atoms with van der Waals surface area (Å²) in [5.74, 6) is -1.23. The zero-order valence-corrected chi connectivity index (χ0v) is 14.5. The highest BCUT2D eigenvalue weighted by Gasteiger charge is 2.28. The lowest BCUT2D eigenvalue weighted by atomic mass is 9.98. The van der Waals surface area contributed by atoms with E-state index < -0.39 is 35.3 Å². The highest BCUT2D eigenvalue weighted by Crippen LogP contribution is 2.15. The van der Waals surface area contributed by atoms with Gasteiger partial charge < -0.3 is 14.9 Å². The summed E-state index contributed by atoms with van der Waals surface area (Å²) in [7, 11) is 1.25. The van der Waals surface area contributed by atoms with Crippen LogP contribution in [0.4, 0.5) is 0 Å². The molecule has 0 aromatic rings. The number of carbonyl (C=O) groups excluding carboxylic acids is 3. The Morgan fingerprint density at radius 2 is 1.64 bits per heavy atom. The molecule has 0 aliphatic carbocycles. The molecule has 0 saturated heterocycles. The summed E-state index contributed by atoms with van der Waals surface area (Å²) >= 11 is 0. The summed E-state index contributed by atoms with van der Waals surface area (Å²) in [5, 5.41) is 2.53. The van der Waals surface area contributed by atoms with Crippen LogP contribution in [0, 0.1) is 11.3 Å². The monoisotopic (exact) mass is 316 g/mol. The molecule has 2 N–H and O–H groups in total. The third kappa shape index (κ3) is 7.40. The largest absolute Gasteiger partial charge is 0.467 e. The van der Waals surface area contributed by atoms with Crippen LogP contribution in [-0.2, 0) is 24.0 Å². The van der Waals surface area contributed by atoms with Crippen LogP contribution in [-0.4, -0.2) is 37.0 Å². The molecule has 0 bridgehead atoms. The highest BCUT2D eigenvalue weighted by molar-refractivity contribution is 5.87. The average molecular weight is 316 g/mol. The molecular weight excluding hydrogens is 288 g/mol. The van der Waals surface area contributed by atoms with Gasteiger partial charge in [-0.2, -0.15) is 0 Å². The van der Waals surface area contributed by atoms with Gasteiger partial charge in [0, 0.05) is 0 Å². The first kappa shape index (κ1) is 20.4. The standard InChI is InChI=1S/C15H28N2O5/c1-9(2)8-11(17-22-14(20)15(4,5)6)12(18)16-10(3)13(19)21-7/h9-11,17H,8H2,1-7H3,(H,16,18)/t10-,11+/m1/s1. The van der Waals surface area contributed by atoms with Gasteiger partial charge in [0.05, 0.1) is 12.5 Å². The molecule has 2 atom stereocenters. The fourth-order valence-electron chi connectivity index (χ4n) is 1.51. The number of hydroxylamine groups is 1. The van der Waals surface area contributed by atoms with E-state index in [9.17, 15) is 14.4 Å². The van der Waals surface area contributed by atoms with Crippen LogP contribution < -0.4 is 10.8 Å². The molecule has 0 spiro atoms. The molecule has 0 unspecified atom stereocenters. The van der Waals surface area contributed by atoms with Crippen LogP contribution in [0.25, 0.3) is 0 Å². The molecule has 7 nitrogen and oxygen atoms in total. The van der Waals surface area contributed by atoms with E-state index in [2.05, 4.69) is 15.5 Å². The van der Waals surface area contributed by atoms with Gasteiger partial charge in [0.1, 0.15) is 12.1 Å². The zero-order chi connectivity index (χ0) is 17.5. The predicted octanol–water partition coefficient (Wildman–Crippen LogP) is 1.17. The van der Waals surface area contributed by atoms with Crippen molar-refractivity contribution in [2.75, 3.05) is 7.11 Å². The molecule has 7 heteroatoms. The molecular formula is C15H28N2O5. The fraction of sp³-hybridized carbons (Fsp3) is 0.800. The maximum Gasteiger partial charge on any atom is 0.330 e. The van der Waals surface area contributed by atoms with Crippen LogP contribution in [0.3, 0.4) is 0 Å². The minimum atomic E-state index is -0.771. The summed E-state index contributed by atoms with van der Waals surface area (Å²) in [6.07, 6.45) is 0.456. The summed E-state index contributed by atoms with van der Waals surface area (Å²) in [5.41, 5.74) is 1.83. The van der Waals surface area contributed by atoms with Crippen LogP contribution in [0.2, 0.25) is 0 Å². The molecule has 0 fully saturated rings. The third-order valence-electron chi connectivity index (χ3n) is 2.84. The number of methoxy groups -OCH3 is 1. The first-order valence-corrected chi connectivity index (χ1v) is 7.34. The molecule has 0 saturated carbocycles. The molecule has 128 valence electrons. The number of hydrogen-bond acceptors (Lipinski definition) is 6. The van der Waals surface area contributed by atoms with Crippen molar-refractivity contribution in [2.24, 2.45) is 11.3 Å². The van der Waals surface area contributed by atoms with Gasteiger partial charge in [0.25, 0.3) is 0 Å². The Balaban J connectivity index is 4.73. The van der Waals surface area contributed by atoms with Gasteiger partial charge in [0.2, 0.25) is 5.91 Å². The third-order valence-corrected chi connectivity index (χ3v) is 2.84. The molecule has 0 heterocycles. The second kappa shape index (κ2) is 8.73. The first-order valence-electron chi connectivity index (χ1n) is 7.34. The van der Waals surface area contributed by atoms with Crippen molar-refractivity contribution in [3.8, 4) is 0 Å². The van der Waals surface area contributed by atoms with Gasteiger partial charge in [-0.05, 0) is 40.0 Å². The van der Waals surface area contributed by atoms with E-state index in [0.717, 1.165) is 0 Å². The smallest absolute Gasteiger partial charge is 0.330 e. The number of ether oxygens (including phenoxy) is 1. The molecule has 0 rings (SSSR count). The van der Waals surface area contributed by atoms with E-state index in [1.54, 1.807) is 20.8 Å². The van der Waals surface area contributed by atoms with Gasteiger partial charge in [-0.3, -0.25) is 4.79 Å². The van der Waals surface area contributed by atoms with E-state index in [1.807, 2.05) is 13.8 Å². The van der Waals surface area contributed by atoms with E-state index in [1.165, 1.54) is 14.0 Å². The van der Waals surface area contributed by atoms with Gasteiger partial charge in [-0.1, -0.05) is 13.8 Å². The van der Waals surface area contributed by atoms with Gasteiger partial charge >= 0.3 is 11.9 Å². The van der Waals surface area contributed by atoms with E-state index in [-0.39, 0.29) is 5.92 Å². The van der Waals surface area contributed by atoms with Gasteiger partial charge in [-0.25, -0.2) is 9.59 Å². The fourth-order valence-corrected chi connectivity index (χ4v) is 1.51. The summed E-state index contributed by atoms with van der Waals surface area (Å²) in [6, 6.07) is -1.51. The van der Waals surface area contributed by atoms with Crippen molar-refractivity contribution in [3.05, 3.63) is 0 Å². The quantitative estimate of drug-likeness (QED) is 0.541. The SMILES string of the molecule is COC(=O)[C@@H](C)NC(=O)[C@H](CC(C)C)NOC(=O)C(C)(C)C. The lowest BCUT2D eigenvalue weighted by Crippen LogP contribution is -2.50. The van der Waals surface area contributed by atoms with Crippen LogP contribution in [0.1, 0.15) is 48.0 Å². The Bertz CT molecular complexity index is 401. The number of esters is 1. The van der Waals surface area contributed by atoms with Gasteiger partial charge in [0.15, 0.2) is 0 Å². The number of rotatable bonds is 7. The van der Waals surface area contributed by atoms with Crippen molar-refractivity contribution < 1.29 is 24.0 Å². The lowest BCUT2D eigenvalue weighted by Gasteiger charge is -2.23. The number of amides is 1. The van der Waals surface area contributed by atoms with E-state index >= 15 is 0 Å². The Morgan fingerprint density at radius 3 is 2.05 bits per heavy atom. The van der Waals surface area contributed by atoms with Crippen molar-refractivity contribution in [3.63, 3.8) is 0 Å². The minimum absolute atomic E-state index is 0.199. The second-order valence-electron chi connectivity index (χ2n) is 6.69. The Labute approximate surface area is 132 Å². The molecule has 0 aliphatic rings. The Morgan fingerprint density at radius 1 is 1.09 bits per heavy atom. The molecule has 0 aromatic carbocycles. The van der Waals surface area contributed by atoms with Crippen LogP contribution in [0.5, 0.6) is 0 Å². The van der Waals surface area contributed by atoms with Crippen LogP contribution >= 0.6 is 0 Å². The van der Waals surface area contributed by atoms with Crippen molar-refractivity contribution in [2.45, 2.75) is 60.0 Å². The molecule has 0 aromatic heterocycles. The normalized spacial score (nSPS) is 14.2. The Hall–Kier alpha value is -1.63. The number of hydrogen-bond donors (Lipinski definition) is 2. The summed E-state index contributed by atoms with van der Waals surface area (Å²) in [6.45, 7) is 10.6. The van der Waals surface area contributed by atoms with Crippen LogP contribution in [0.15, 0.2) is 0 Å². The number of carbonyl (C=O) groups is 3. The topological polar surface area (TPSA) is 93.7 Å². The maximum atomic E-state index is 12.2. The first-order chi connectivity index (χ1) is 9.98. The average Bonchev–Trinajstić information content (AvgIpc) is 2.40. The Kier molecular flexibility index (Phi) is 8.08. The predicted molar refractivity (Wildman–Crippen MR) is 81.5 cm³/mol. The molecule has 22 heavy (non-hydrogen) atoms. The van der Waals surface area contributed by atoms with E-state index in [0.29, 0.717) is 6.42 Å². The minimum Gasteiger partial charge on any atom is -0.467 e. The second-order valence-corrected chi connectivity index (χ2v) is 6.69. The summed E-state index contributed by atoms with van der Waals surface area (Å²) < 4.78 is 4.56. The molecule has 0 radical (unpaired) electrons. The number of nitrogens with one attached hydrogen (secondary N) is 2. The molecule has 1 amide bonds. The summed E-state index contributed by atoms with van der Waals surface area (Å²) in [4.78, 5) is 40.3. The zero-order valence-electron chi connectivity index (χ0n) is 14.5. The lowest BCUT2D eigenvalue weighted by molar-refractivity contribution is -0.164. The highest BCUT2D eigenvalue weighted by atomic mass is 16.7.